The van der Waals surface area contributed by atoms with Gasteiger partial charge in [-0.05, 0) is 40.5 Å². The van der Waals surface area contributed by atoms with E-state index in [1.165, 1.54) is 11.3 Å². The summed E-state index contributed by atoms with van der Waals surface area (Å²) >= 11 is 4.92. The minimum atomic E-state index is -0.0551. The van der Waals surface area contributed by atoms with E-state index in [0.717, 1.165) is 21.4 Å². The smallest absolute Gasteiger partial charge is 0.230 e. The third-order valence-corrected chi connectivity index (χ3v) is 3.52. The van der Waals surface area contributed by atoms with E-state index < -0.39 is 0 Å². The Morgan fingerprint density at radius 2 is 2.35 bits per heavy atom. The molecule has 0 bridgehead atoms. The molecule has 17 heavy (non-hydrogen) atoms. The third kappa shape index (κ3) is 3.38. The Kier molecular flexibility index (Phi) is 3.91. The summed E-state index contributed by atoms with van der Waals surface area (Å²) < 4.78 is 0.893. The van der Waals surface area contributed by atoms with Crippen LogP contribution < -0.4 is 5.32 Å². The number of rotatable bonds is 3. The fraction of sp³-hybridized carbons (Fsp3) is 0.167. The maximum Gasteiger partial charge on any atom is 0.230 e. The fourth-order valence-corrected chi connectivity index (χ4v) is 2.56. The highest BCUT2D eigenvalue weighted by molar-refractivity contribution is 9.10. The molecule has 3 nitrogen and oxygen atoms in total. The zero-order valence-corrected chi connectivity index (χ0v) is 11.6. The zero-order valence-electron chi connectivity index (χ0n) is 9.24. The van der Waals surface area contributed by atoms with Crippen molar-refractivity contribution in [1.29, 1.82) is 0 Å². The van der Waals surface area contributed by atoms with Gasteiger partial charge in [0.25, 0.3) is 0 Å². The average Bonchev–Trinajstić information content (AvgIpc) is 2.75. The summed E-state index contributed by atoms with van der Waals surface area (Å²) in [4.78, 5) is 15.8. The fourth-order valence-electron chi connectivity index (χ4n) is 1.41. The number of halogens is 1. The second kappa shape index (κ2) is 5.42. The van der Waals surface area contributed by atoms with E-state index in [4.69, 9.17) is 0 Å². The standard InChI is InChI=1S/C12H11BrN2OS/c1-8-2-3-11(10(13)4-8)15-12(16)5-9-6-17-7-14-9/h2-4,6-7H,5H2,1H3,(H,15,16). The normalized spacial score (nSPS) is 10.2. The highest BCUT2D eigenvalue weighted by Crippen LogP contribution is 2.23. The molecule has 0 fully saturated rings. The number of benzene rings is 1. The number of carbonyl (C=O) groups is 1. The number of aromatic nitrogens is 1. The van der Waals surface area contributed by atoms with Gasteiger partial charge in [-0.2, -0.15) is 0 Å². The predicted octanol–water partition coefficient (Wildman–Crippen LogP) is 3.40. The summed E-state index contributed by atoms with van der Waals surface area (Å²) in [6.45, 7) is 2.01. The predicted molar refractivity (Wildman–Crippen MR) is 73.3 cm³/mol. The molecule has 1 N–H and O–H groups in total. The highest BCUT2D eigenvalue weighted by atomic mass is 79.9. The van der Waals surface area contributed by atoms with Crippen LogP contribution in [0.15, 0.2) is 33.6 Å². The van der Waals surface area contributed by atoms with E-state index >= 15 is 0 Å². The molecule has 1 aromatic heterocycles. The first-order chi connectivity index (χ1) is 8.15. The topological polar surface area (TPSA) is 42.0 Å². The largest absolute Gasteiger partial charge is 0.325 e. The van der Waals surface area contributed by atoms with E-state index in [1.54, 1.807) is 5.51 Å². The van der Waals surface area contributed by atoms with Gasteiger partial charge in [-0.3, -0.25) is 4.79 Å². The van der Waals surface area contributed by atoms with Crippen molar-refractivity contribution < 1.29 is 4.79 Å². The van der Waals surface area contributed by atoms with E-state index in [1.807, 2.05) is 30.5 Å². The van der Waals surface area contributed by atoms with Gasteiger partial charge in [0.1, 0.15) is 0 Å². The second-order valence-corrected chi connectivity index (χ2v) is 5.26. The van der Waals surface area contributed by atoms with Crippen molar-refractivity contribution in [1.82, 2.24) is 4.98 Å². The molecule has 0 saturated carbocycles. The summed E-state index contributed by atoms with van der Waals surface area (Å²) in [7, 11) is 0. The second-order valence-electron chi connectivity index (χ2n) is 3.69. The van der Waals surface area contributed by atoms with Crippen molar-refractivity contribution in [2.75, 3.05) is 5.32 Å². The summed E-state index contributed by atoms with van der Waals surface area (Å²) in [5, 5.41) is 4.73. The molecule has 2 rings (SSSR count). The summed E-state index contributed by atoms with van der Waals surface area (Å²) in [6, 6.07) is 5.82. The number of nitrogens with one attached hydrogen (secondary N) is 1. The van der Waals surface area contributed by atoms with Gasteiger partial charge in [-0.1, -0.05) is 6.07 Å². The van der Waals surface area contributed by atoms with Crippen LogP contribution in [0.3, 0.4) is 0 Å². The number of nitrogens with zero attached hydrogens (tertiary/aromatic N) is 1. The summed E-state index contributed by atoms with van der Waals surface area (Å²) in [5.41, 5.74) is 4.46. The Bertz CT molecular complexity index is 525. The van der Waals surface area contributed by atoms with Gasteiger partial charge in [0.2, 0.25) is 5.91 Å². The van der Waals surface area contributed by atoms with Crippen molar-refractivity contribution in [3.05, 3.63) is 44.8 Å². The molecule has 2 aromatic rings. The molecular formula is C12H11BrN2OS. The molecule has 5 heteroatoms. The molecule has 0 radical (unpaired) electrons. The van der Waals surface area contributed by atoms with E-state index in [2.05, 4.69) is 26.2 Å². The van der Waals surface area contributed by atoms with Crippen LogP contribution in [-0.2, 0) is 11.2 Å². The molecule has 0 aliphatic carbocycles. The minimum Gasteiger partial charge on any atom is -0.325 e. The van der Waals surface area contributed by atoms with E-state index in [9.17, 15) is 4.79 Å². The lowest BCUT2D eigenvalue weighted by Gasteiger charge is -2.07. The van der Waals surface area contributed by atoms with Gasteiger partial charge in [-0.25, -0.2) is 4.98 Å². The van der Waals surface area contributed by atoms with E-state index in [0.29, 0.717) is 6.42 Å². The van der Waals surface area contributed by atoms with Crippen LogP contribution in [-0.4, -0.2) is 10.9 Å². The number of thiazole rings is 1. The molecule has 1 amide bonds. The molecular weight excluding hydrogens is 300 g/mol. The lowest BCUT2D eigenvalue weighted by Crippen LogP contribution is -2.14. The molecule has 1 heterocycles. The zero-order chi connectivity index (χ0) is 12.3. The van der Waals surface area contributed by atoms with Crippen molar-refractivity contribution >= 4 is 38.9 Å². The van der Waals surface area contributed by atoms with Crippen LogP contribution in [0.2, 0.25) is 0 Å². The van der Waals surface area contributed by atoms with Gasteiger partial charge in [0.05, 0.1) is 23.3 Å². The maximum absolute atomic E-state index is 11.7. The monoisotopic (exact) mass is 310 g/mol. The Labute approximate surface area is 112 Å². The first-order valence-corrected chi connectivity index (χ1v) is 6.82. The molecule has 0 saturated heterocycles. The van der Waals surface area contributed by atoms with Gasteiger partial charge >= 0.3 is 0 Å². The number of aryl methyl sites for hydroxylation is 1. The molecule has 0 unspecified atom stereocenters. The number of anilines is 1. The van der Waals surface area contributed by atoms with Crippen LogP contribution in [0.5, 0.6) is 0 Å². The van der Waals surface area contributed by atoms with Crippen LogP contribution >= 0.6 is 27.3 Å². The Hall–Kier alpha value is -1.20. The Balaban J connectivity index is 2.03. The average molecular weight is 311 g/mol. The van der Waals surface area contributed by atoms with E-state index in [-0.39, 0.29) is 5.91 Å². The molecule has 0 spiro atoms. The number of amides is 1. The summed E-state index contributed by atoms with van der Waals surface area (Å²) in [5.74, 6) is -0.0551. The minimum absolute atomic E-state index is 0.0551. The Morgan fingerprint density at radius 1 is 1.53 bits per heavy atom. The lowest BCUT2D eigenvalue weighted by molar-refractivity contribution is -0.115. The van der Waals surface area contributed by atoms with Crippen LogP contribution in [0.4, 0.5) is 5.69 Å². The first-order valence-electron chi connectivity index (χ1n) is 5.08. The maximum atomic E-state index is 11.7. The van der Waals surface area contributed by atoms with Gasteiger partial charge in [0.15, 0.2) is 0 Å². The molecule has 0 aliphatic rings. The quantitative estimate of drug-likeness (QED) is 0.944. The molecule has 0 aliphatic heterocycles. The third-order valence-electron chi connectivity index (χ3n) is 2.22. The van der Waals surface area contributed by atoms with Crippen LogP contribution in [0, 0.1) is 6.92 Å². The van der Waals surface area contributed by atoms with Crippen LogP contribution in [0.1, 0.15) is 11.3 Å². The van der Waals surface area contributed by atoms with Gasteiger partial charge in [0, 0.05) is 9.85 Å². The van der Waals surface area contributed by atoms with Gasteiger partial charge in [-0.15, -0.1) is 11.3 Å². The Morgan fingerprint density at radius 3 is 3.00 bits per heavy atom. The highest BCUT2D eigenvalue weighted by Gasteiger charge is 2.07. The van der Waals surface area contributed by atoms with Crippen molar-refractivity contribution in [2.45, 2.75) is 13.3 Å². The number of hydrogen-bond acceptors (Lipinski definition) is 3. The SMILES string of the molecule is Cc1ccc(NC(=O)Cc2cscn2)c(Br)c1. The summed E-state index contributed by atoms with van der Waals surface area (Å²) in [6.07, 6.45) is 0.309. The van der Waals surface area contributed by atoms with Crippen molar-refractivity contribution in [3.8, 4) is 0 Å². The number of hydrogen-bond donors (Lipinski definition) is 1. The molecule has 0 atom stereocenters. The van der Waals surface area contributed by atoms with Crippen molar-refractivity contribution in [3.63, 3.8) is 0 Å². The number of carbonyl (C=O) groups excluding carboxylic acids is 1. The molecule has 1 aromatic carbocycles. The van der Waals surface area contributed by atoms with Gasteiger partial charge < -0.3 is 5.32 Å². The van der Waals surface area contributed by atoms with Crippen molar-refractivity contribution in [2.24, 2.45) is 0 Å². The first kappa shape index (κ1) is 12.3. The van der Waals surface area contributed by atoms with Crippen LogP contribution in [0.25, 0.3) is 0 Å². The lowest BCUT2D eigenvalue weighted by atomic mass is 10.2. The molecule has 88 valence electrons.